The second-order valence-electron chi connectivity index (χ2n) is 3.90. The maximum Gasteiger partial charge on any atom is 0.313 e. The number of benzene rings is 1. The Labute approximate surface area is 114 Å². The molecule has 0 fully saturated rings. The van der Waals surface area contributed by atoms with E-state index in [0.29, 0.717) is 16.5 Å². The van der Waals surface area contributed by atoms with E-state index in [-0.39, 0.29) is 11.4 Å². The van der Waals surface area contributed by atoms with Gasteiger partial charge in [-0.2, -0.15) is 0 Å². The fourth-order valence-corrected chi connectivity index (χ4v) is 1.76. The van der Waals surface area contributed by atoms with Gasteiger partial charge in [-0.05, 0) is 18.6 Å². The van der Waals surface area contributed by atoms with Crippen LogP contribution in [0.2, 0.25) is 5.02 Å². The van der Waals surface area contributed by atoms with Gasteiger partial charge in [0.15, 0.2) is 5.69 Å². The monoisotopic (exact) mass is 278 g/mol. The third-order valence-corrected chi connectivity index (χ3v) is 3.04. The molecule has 0 atom stereocenters. The van der Waals surface area contributed by atoms with Gasteiger partial charge in [0.1, 0.15) is 6.20 Å². The molecule has 0 aliphatic heterocycles. The molecule has 19 heavy (non-hydrogen) atoms. The van der Waals surface area contributed by atoms with E-state index in [1.54, 1.807) is 25.2 Å². The quantitative estimate of drug-likeness (QED) is 0.689. The number of aryl methyl sites for hydroxylation is 1. The Morgan fingerprint density at radius 3 is 2.74 bits per heavy atom. The summed E-state index contributed by atoms with van der Waals surface area (Å²) in [6.07, 6.45) is 1.18. The number of halogens is 1. The van der Waals surface area contributed by atoms with Crippen molar-refractivity contribution in [2.24, 2.45) is 0 Å². The summed E-state index contributed by atoms with van der Waals surface area (Å²) in [6.45, 7) is 1.86. The summed E-state index contributed by atoms with van der Waals surface area (Å²) in [6, 6.07) is 5.20. The smallest absolute Gasteiger partial charge is 0.313 e. The molecule has 6 nitrogen and oxygen atoms in total. The Morgan fingerprint density at radius 2 is 2.16 bits per heavy atom. The zero-order valence-electron chi connectivity index (χ0n) is 10.3. The molecule has 1 heterocycles. The maximum atomic E-state index is 11.0. The second-order valence-corrected chi connectivity index (χ2v) is 4.31. The van der Waals surface area contributed by atoms with Crippen molar-refractivity contribution in [3.8, 4) is 11.3 Å². The van der Waals surface area contributed by atoms with E-state index < -0.39 is 4.92 Å². The molecule has 0 saturated carbocycles. The van der Waals surface area contributed by atoms with Crippen LogP contribution in [0.1, 0.15) is 5.56 Å². The Balaban J connectivity index is 2.64. The lowest BCUT2D eigenvalue weighted by Gasteiger charge is -2.06. The molecule has 0 saturated heterocycles. The van der Waals surface area contributed by atoms with Crippen molar-refractivity contribution >= 4 is 23.2 Å². The van der Waals surface area contributed by atoms with Gasteiger partial charge in [0.25, 0.3) is 0 Å². The van der Waals surface area contributed by atoms with E-state index in [1.165, 1.54) is 6.20 Å². The molecule has 1 aromatic carbocycles. The molecular formula is C12H11ClN4O2. The topological polar surface area (TPSA) is 81.0 Å². The minimum Gasteiger partial charge on any atom is -0.357 e. The van der Waals surface area contributed by atoms with Gasteiger partial charge in [-0.3, -0.25) is 10.1 Å². The predicted octanol–water partition coefficient (Wildman–Crippen LogP) is 3.06. The third kappa shape index (κ3) is 2.63. The standard InChI is InChI=1S/C12H11ClN4O2/c1-7-3-4-8(5-9(7)13)11-10(17(18)19)6-15-12(14-2)16-11/h3-6H,1-2H3,(H,14,15,16). The van der Waals surface area contributed by atoms with E-state index in [9.17, 15) is 10.1 Å². The van der Waals surface area contributed by atoms with Gasteiger partial charge in [0, 0.05) is 17.6 Å². The Morgan fingerprint density at radius 1 is 1.42 bits per heavy atom. The fraction of sp³-hybridized carbons (Fsp3) is 0.167. The number of nitro groups is 1. The largest absolute Gasteiger partial charge is 0.357 e. The number of nitrogens with one attached hydrogen (secondary N) is 1. The lowest BCUT2D eigenvalue weighted by atomic mass is 10.1. The summed E-state index contributed by atoms with van der Waals surface area (Å²) in [5, 5.41) is 14.3. The zero-order chi connectivity index (χ0) is 14.0. The molecule has 0 amide bonds. The fourth-order valence-electron chi connectivity index (χ4n) is 1.58. The molecule has 2 rings (SSSR count). The highest BCUT2D eigenvalue weighted by Gasteiger charge is 2.19. The molecule has 0 spiro atoms. The molecule has 7 heteroatoms. The second kappa shape index (κ2) is 5.19. The predicted molar refractivity (Wildman–Crippen MR) is 73.4 cm³/mol. The van der Waals surface area contributed by atoms with Crippen molar-refractivity contribution < 1.29 is 4.92 Å². The van der Waals surface area contributed by atoms with Gasteiger partial charge in [-0.15, -0.1) is 0 Å². The van der Waals surface area contributed by atoms with Crippen LogP contribution in [0.15, 0.2) is 24.4 Å². The van der Waals surface area contributed by atoms with E-state index in [0.717, 1.165) is 5.56 Å². The van der Waals surface area contributed by atoms with Gasteiger partial charge in [0.2, 0.25) is 5.95 Å². The lowest BCUT2D eigenvalue weighted by molar-refractivity contribution is -0.384. The minimum absolute atomic E-state index is 0.154. The first-order valence-electron chi connectivity index (χ1n) is 5.48. The number of rotatable bonds is 3. The highest BCUT2D eigenvalue weighted by atomic mass is 35.5. The van der Waals surface area contributed by atoms with Crippen molar-refractivity contribution in [2.45, 2.75) is 6.92 Å². The molecule has 2 aromatic rings. The summed E-state index contributed by atoms with van der Waals surface area (Å²) >= 11 is 6.04. The van der Waals surface area contributed by atoms with Crippen molar-refractivity contribution in [1.29, 1.82) is 0 Å². The molecule has 1 aromatic heterocycles. The van der Waals surface area contributed by atoms with Crippen molar-refractivity contribution in [1.82, 2.24) is 9.97 Å². The maximum absolute atomic E-state index is 11.0. The number of hydrogen-bond donors (Lipinski definition) is 1. The number of anilines is 1. The van der Waals surface area contributed by atoms with Gasteiger partial charge in [-0.25, -0.2) is 9.97 Å². The minimum atomic E-state index is -0.511. The van der Waals surface area contributed by atoms with Crippen LogP contribution in [0.3, 0.4) is 0 Å². The number of hydrogen-bond acceptors (Lipinski definition) is 5. The van der Waals surface area contributed by atoms with Crippen LogP contribution < -0.4 is 5.32 Å². The van der Waals surface area contributed by atoms with Gasteiger partial charge < -0.3 is 5.32 Å². The average molecular weight is 279 g/mol. The normalized spacial score (nSPS) is 10.3. The molecule has 0 aliphatic rings. The van der Waals surface area contributed by atoms with Crippen LogP contribution in [0.4, 0.5) is 11.6 Å². The summed E-state index contributed by atoms with van der Waals surface area (Å²) in [5.41, 5.74) is 1.57. The van der Waals surface area contributed by atoms with E-state index in [2.05, 4.69) is 15.3 Å². The SMILES string of the molecule is CNc1ncc([N+](=O)[O-])c(-c2ccc(C)c(Cl)c2)n1. The Hall–Kier alpha value is -2.21. The van der Waals surface area contributed by atoms with Crippen LogP contribution in [0, 0.1) is 17.0 Å². The highest BCUT2D eigenvalue weighted by Crippen LogP contribution is 2.30. The van der Waals surface area contributed by atoms with E-state index >= 15 is 0 Å². The number of aromatic nitrogens is 2. The molecule has 0 radical (unpaired) electrons. The Bertz CT molecular complexity index is 646. The van der Waals surface area contributed by atoms with Crippen molar-refractivity contribution in [3.63, 3.8) is 0 Å². The van der Waals surface area contributed by atoms with Crippen molar-refractivity contribution in [2.75, 3.05) is 12.4 Å². The molecule has 98 valence electrons. The molecule has 0 bridgehead atoms. The lowest BCUT2D eigenvalue weighted by Crippen LogP contribution is -2.01. The number of nitrogens with zero attached hydrogens (tertiary/aromatic N) is 3. The molecule has 0 unspecified atom stereocenters. The Kier molecular flexibility index (Phi) is 3.62. The summed E-state index contributed by atoms with van der Waals surface area (Å²) < 4.78 is 0. The average Bonchev–Trinajstić information content (AvgIpc) is 2.41. The zero-order valence-corrected chi connectivity index (χ0v) is 11.1. The summed E-state index contributed by atoms with van der Waals surface area (Å²) in [4.78, 5) is 18.5. The van der Waals surface area contributed by atoms with Crippen LogP contribution in [-0.4, -0.2) is 21.9 Å². The van der Waals surface area contributed by atoms with E-state index in [4.69, 9.17) is 11.6 Å². The highest BCUT2D eigenvalue weighted by molar-refractivity contribution is 6.31. The van der Waals surface area contributed by atoms with Crippen molar-refractivity contribution in [3.05, 3.63) is 45.1 Å². The van der Waals surface area contributed by atoms with Crippen LogP contribution in [0.25, 0.3) is 11.3 Å². The summed E-state index contributed by atoms with van der Waals surface area (Å²) in [7, 11) is 1.65. The molecular weight excluding hydrogens is 268 g/mol. The first-order valence-corrected chi connectivity index (χ1v) is 5.86. The van der Waals surface area contributed by atoms with Crippen LogP contribution >= 0.6 is 11.6 Å². The summed E-state index contributed by atoms with van der Waals surface area (Å²) in [5.74, 6) is 0.317. The van der Waals surface area contributed by atoms with Crippen LogP contribution in [-0.2, 0) is 0 Å². The van der Waals surface area contributed by atoms with Crippen LogP contribution in [0.5, 0.6) is 0 Å². The first-order chi connectivity index (χ1) is 9.02. The van der Waals surface area contributed by atoms with Gasteiger partial charge in [0.05, 0.1) is 4.92 Å². The van der Waals surface area contributed by atoms with Gasteiger partial charge in [-0.1, -0.05) is 23.7 Å². The molecule has 0 aliphatic carbocycles. The molecule has 1 N–H and O–H groups in total. The third-order valence-electron chi connectivity index (χ3n) is 2.64. The first kappa shape index (κ1) is 13.2. The van der Waals surface area contributed by atoms with Gasteiger partial charge >= 0.3 is 5.69 Å². The van der Waals surface area contributed by atoms with E-state index in [1.807, 2.05) is 6.92 Å².